The van der Waals surface area contributed by atoms with Crippen LogP contribution in [0.1, 0.15) is 67.2 Å². The summed E-state index contributed by atoms with van der Waals surface area (Å²) in [6.45, 7) is 7.10. The van der Waals surface area contributed by atoms with Gasteiger partial charge < -0.3 is 9.88 Å². The first-order valence-electron chi connectivity index (χ1n) is 9.80. The summed E-state index contributed by atoms with van der Waals surface area (Å²) in [6.07, 6.45) is 9.82. The smallest absolute Gasteiger partial charge is 0.125 e. The third-order valence-corrected chi connectivity index (χ3v) is 5.01. The van der Waals surface area contributed by atoms with Crippen LogP contribution in [0.2, 0.25) is 0 Å². The van der Waals surface area contributed by atoms with Crippen molar-refractivity contribution >= 4 is 0 Å². The lowest BCUT2D eigenvalue weighted by Crippen LogP contribution is -2.26. The minimum absolute atomic E-state index is 0.369. The van der Waals surface area contributed by atoms with Gasteiger partial charge in [0.25, 0.3) is 0 Å². The van der Waals surface area contributed by atoms with E-state index in [1.165, 1.54) is 36.2 Å². The van der Waals surface area contributed by atoms with Crippen LogP contribution in [0.5, 0.6) is 0 Å². The monoisotopic (exact) mass is 356 g/mol. The van der Waals surface area contributed by atoms with Crippen LogP contribution < -0.4 is 0 Å². The Hall–Kier alpha value is -1.79. The molecule has 0 amide bonds. The average molecular weight is 357 g/mol. The quantitative estimate of drug-likeness (QED) is 0.787. The SMILES string of the molecule is CCCCc1ncc(CN2CCC[C@@H]2c2nc(C)ncc2CN(C)C)[nH]1. The fourth-order valence-corrected chi connectivity index (χ4v) is 3.76. The van der Waals surface area contributed by atoms with Gasteiger partial charge in [-0.2, -0.15) is 0 Å². The molecule has 0 bridgehead atoms. The van der Waals surface area contributed by atoms with E-state index in [2.05, 4.69) is 45.8 Å². The predicted molar refractivity (Wildman–Crippen MR) is 104 cm³/mol. The van der Waals surface area contributed by atoms with Crippen LogP contribution in [0.3, 0.4) is 0 Å². The Morgan fingerprint density at radius 1 is 1.27 bits per heavy atom. The van der Waals surface area contributed by atoms with Crippen molar-refractivity contribution in [3.8, 4) is 0 Å². The zero-order chi connectivity index (χ0) is 18.5. The fraction of sp³-hybridized carbons (Fsp3) is 0.650. The van der Waals surface area contributed by atoms with E-state index >= 15 is 0 Å². The molecular weight excluding hydrogens is 324 g/mol. The Morgan fingerprint density at radius 3 is 2.88 bits per heavy atom. The molecule has 1 fully saturated rings. The van der Waals surface area contributed by atoms with Crippen molar-refractivity contribution in [1.29, 1.82) is 0 Å². The predicted octanol–water partition coefficient (Wildman–Crippen LogP) is 3.25. The molecule has 0 saturated carbocycles. The van der Waals surface area contributed by atoms with Crippen LogP contribution >= 0.6 is 0 Å². The first kappa shape index (κ1) is 19.0. The van der Waals surface area contributed by atoms with Crippen molar-refractivity contribution < 1.29 is 0 Å². The van der Waals surface area contributed by atoms with Crippen molar-refractivity contribution in [3.05, 3.63) is 41.0 Å². The summed E-state index contributed by atoms with van der Waals surface area (Å²) >= 11 is 0. The summed E-state index contributed by atoms with van der Waals surface area (Å²) < 4.78 is 0. The van der Waals surface area contributed by atoms with E-state index in [0.29, 0.717) is 6.04 Å². The molecule has 0 unspecified atom stereocenters. The minimum atomic E-state index is 0.369. The van der Waals surface area contributed by atoms with E-state index in [1.54, 1.807) is 0 Å². The van der Waals surface area contributed by atoms with Gasteiger partial charge in [0.2, 0.25) is 0 Å². The minimum Gasteiger partial charge on any atom is -0.345 e. The lowest BCUT2D eigenvalue weighted by atomic mass is 10.1. The number of hydrogen-bond donors (Lipinski definition) is 1. The Morgan fingerprint density at radius 2 is 2.12 bits per heavy atom. The van der Waals surface area contributed by atoms with Crippen molar-refractivity contribution in [2.24, 2.45) is 0 Å². The van der Waals surface area contributed by atoms with Crippen LogP contribution in [0, 0.1) is 6.92 Å². The van der Waals surface area contributed by atoms with E-state index in [4.69, 9.17) is 4.98 Å². The molecule has 2 aromatic rings. The number of aromatic nitrogens is 4. The highest BCUT2D eigenvalue weighted by atomic mass is 15.2. The molecular formula is C20H32N6. The van der Waals surface area contributed by atoms with E-state index in [0.717, 1.165) is 44.1 Å². The number of aryl methyl sites for hydroxylation is 2. The van der Waals surface area contributed by atoms with E-state index in [1.807, 2.05) is 19.3 Å². The zero-order valence-electron chi connectivity index (χ0n) is 16.6. The maximum absolute atomic E-state index is 4.84. The Labute approximate surface area is 157 Å². The van der Waals surface area contributed by atoms with Crippen molar-refractivity contribution in [2.45, 2.75) is 65.1 Å². The van der Waals surface area contributed by atoms with Crippen LogP contribution in [0.15, 0.2) is 12.4 Å². The second-order valence-electron chi connectivity index (χ2n) is 7.65. The lowest BCUT2D eigenvalue weighted by molar-refractivity contribution is 0.238. The molecule has 0 radical (unpaired) electrons. The van der Waals surface area contributed by atoms with Gasteiger partial charge in [-0.3, -0.25) is 4.90 Å². The van der Waals surface area contributed by atoms with Crippen molar-refractivity contribution in [2.75, 3.05) is 20.6 Å². The number of hydrogen-bond acceptors (Lipinski definition) is 5. The summed E-state index contributed by atoms with van der Waals surface area (Å²) in [5.74, 6) is 1.97. The molecule has 0 spiro atoms. The van der Waals surface area contributed by atoms with Gasteiger partial charge in [0.05, 0.1) is 11.7 Å². The molecule has 1 N–H and O–H groups in total. The van der Waals surface area contributed by atoms with Crippen LogP contribution in [0.4, 0.5) is 0 Å². The normalized spacial score (nSPS) is 18.1. The molecule has 2 aromatic heterocycles. The molecule has 26 heavy (non-hydrogen) atoms. The topological polar surface area (TPSA) is 60.9 Å². The number of nitrogens with zero attached hydrogens (tertiary/aromatic N) is 5. The van der Waals surface area contributed by atoms with Crippen molar-refractivity contribution in [3.63, 3.8) is 0 Å². The Bertz CT molecular complexity index is 708. The largest absolute Gasteiger partial charge is 0.345 e. The van der Waals surface area contributed by atoms with Crippen LogP contribution in [-0.4, -0.2) is 50.4 Å². The second kappa shape index (κ2) is 8.73. The highest BCUT2D eigenvalue weighted by molar-refractivity contribution is 5.22. The zero-order valence-corrected chi connectivity index (χ0v) is 16.6. The van der Waals surface area contributed by atoms with Gasteiger partial charge in [0.1, 0.15) is 11.6 Å². The van der Waals surface area contributed by atoms with E-state index in [-0.39, 0.29) is 0 Å². The molecule has 1 atom stereocenters. The molecule has 3 heterocycles. The van der Waals surface area contributed by atoms with Gasteiger partial charge in [-0.25, -0.2) is 15.0 Å². The van der Waals surface area contributed by atoms with Gasteiger partial charge in [-0.1, -0.05) is 13.3 Å². The summed E-state index contributed by atoms with van der Waals surface area (Å²) in [5, 5.41) is 0. The van der Waals surface area contributed by atoms with Gasteiger partial charge in [-0.15, -0.1) is 0 Å². The third kappa shape index (κ3) is 4.68. The average Bonchev–Trinajstić information content (AvgIpc) is 3.24. The van der Waals surface area contributed by atoms with Gasteiger partial charge in [-0.05, 0) is 46.8 Å². The number of imidazole rings is 1. The first-order chi connectivity index (χ1) is 12.6. The van der Waals surface area contributed by atoms with E-state index in [9.17, 15) is 0 Å². The number of unbranched alkanes of at least 4 members (excludes halogenated alkanes) is 1. The maximum Gasteiger partial charge on any atom is 0.125 e. The number of aromatic amines is 1. The summed E-state index contributed by atoms with van der Waals surface area (Å²) in [4.78, 5) is 22.1. The number of likely N-dealkylation sites (tertiary alicyclic amines) is 1. The molecule has 6 nitrogen and oxygen atoms in total. The highest BCUT2D eigenvalue weighted by Crippen LogP contribution is 2.34. The maximum atomic E-state index is 4.84. The van der Waals surface area contributed by atoms with Gasteiger partial charge in [0, 0.05) is 43.2 Å². The number of rotatable bonds is 8. The molecule has 142 valence electrons. The van der Waals surface area contributed by atoms with E-state index < -0.39 is 0 Å². The standard InChI is InChI=1S/C20H32N6/c1-5-6-9-19-22-12-17(24-19)14-26-10-7-8-18(26)20-16(13-25(3)4)11-21-15(2)23-20/h11-12,18H,5-10,13-14H2,1-4H3,(H,22,24)/t18-/m1/s1. The number of H-pyrrole nitrogens is 1. The second-order valence-corrected chi connectivity index (χ2v) is 7.65. The first-order valence-corrected chi connectivity index (χ1v) is 9.80. The lowest BCUT2D eigenvalue weighted by Gasteiger charge is -2.26. The number of nitrogens with one attached hydrogen (secondary N) is 1. The van der Waals surface area contributed by atoms with Crippen LogP contribution in [0.25, 0.3) is 0 Å². The molecule has 3 rings (SSSR count). The third-order valence-electron chi connectivity index (χ3n) is 5.01. The Kier molecular flexibility index (Phi) is 6.38. The Balaban J connectivity index is 1.76. The van der Waals surface area contributed by atoms with Crippen LogP contribution in [-0.2, 0) is 19.5 Å². The summed E-state index contributed by atoms with van der Waals surface area (Å²) in [6, 6.07) is 0.369. The molecule has 1 aliphatic heterocycles. The molecule has 1 aliphatic rings. The fourth-order valence-electron chi connectivity index (χ4n) is 3.76. The summed E-state index contributed by atoms with van der Waals surface area (Å²) in [5.41, 5.74) is 3.66. The molecule has 1 saturated heterocycles. The van der Waals surface area contributed by atoms with Gasteiger partial charge >= 0.3 is 0 Å². The molecule has 6 heteroatoms. The highest BCUT2D eigenvalue weighted by Gasteiger charge is 2.29. The molecule has 0 aromatic carbocycles. The summed E-state index contributed by atoms with van der Waals surface area (Å²) in [7, 11) is 4.19. The van der Waals surface area contributed by atoms with Crippen molar-refractivity contribution in [1.82, 2.24) is 29.7 Å². The molecule has 0 aliphatic carbocycles. The van der Waals surface area contributed by atoms with Gasteiger partial charge in [0.15, 0.2) is 0 Å².